The number of benzene rings is 8. The van der Waals surface area contributed by atoms with Crippen LogP contribution in [0.2, 0.25) is 0 Å². The van der Waals surface area contributed by atoms with Gasteiger partial charge in [-0.3, -0.25) is 5.32 Å². The van der Waals surface area contributed by atoms with E-state index in [9.17, 15) is 0 Å². The number of amidine groups is 1. The average Bonchev–Trinajstić information content (AvgIpc) is 3.84. The van der Waals surface area contributed by atoms with Crippen molar-refractivity contribution in [2.45, 2.75) is 12.3 Å². The van der Waals surface area contributed by atoms with E-state index in [0.717, 1.165) is 89.0 Å². The minimum absolute atomic E-state index is 0.176. The highest BCUT2D eigenvalue weighted by atomic mass is 16.3. The van der Waals surface area contributed by atoms with E-state index >= 15 is 0 Å². The highest BCUT2D eigenvalue weighted by Crippen LogP contribution is 2.43. The van der Waals surface area contributed by atoms with Gasteiger partial charge in [0.15, 0.2) is 0 Å². The summed E-state index contributed by atoms with van der Waals surface area (Å²) >= 11 is 0. The molecule has 2 atom stereocenters. The molecule has 0 bridgehead atoms. The van der Waals surface area contributed by atoms with Gasteiger partial charge >= 0.3 is 0 Å². The van der Waals surface area contributed by atoms with E-state index in [2.05, 4.69) is 208 Å². The number of furan rings is 1. The van der Waals surface area contributed by atoms with Gasteiger partial charge in [0.1, 0.15) is 29.3 Å². The lowest BCUT2D eigenvalue weighted by molar-refractivity contribution is 0.409. The van der Waals surface area contributed by atoms with Crippen LogP contribution in [0.3, 0.4) is 0 Å². The van der Waals surface area contributed by atoms with Gasteiger partial charge in [0.2, 0.25) is 0 Å². The third-order valence-corrected chi connectivity index (χ3v) is 11.0. The number of aromatic nitrogens is 1. The lowest BCUT2D eigenvalue weighted by atomic mass is 10.0. The van der Waals surface area contributed by atoms with Crippen molar-refractivity contribution >= 4 is 66.6 Å². The van der Waals surface area contributed by atoms with Gasteiger partial charge in [-0.1, -0.05) is 133 Å². The summed E-state index contributed by atoms with van der Waals surface area (Å²) in [6.07, 6.45) is -0.557. The maximum absolute atomic E-state index is 6.67. The van der Waals surface area contributed by atoms with E-state index in [0.29, 0.717) is 0 Å². The van der Waals surface area contributed by atoms with Gasteiger partial charge in [0.05, 0.1) is 16.4 Å². The fourth-order valence-corrected chi connectivity index (χ4v) is 8.44. The quantitative estimate of drug-likeness (QED) is 0.171. The Bertz CT molecular complexity index is 3040. The van der Waals surface area contributed by atoms with Crippen molar-refractivity contribution in [1.29, 1.82) is 0 Å². The van der Waals surface area contributed by atoms with Crippen molar-refractivity contribution in [2.24, 2.45) is 4.99 Å². The Kier molecular flexibility index (Phi) is 7.93. The molecule has 57 heavy (non-hydrogen) atoms. The van der Waals surface area contributed by atoms with E-state index < -0.39 is 0 Å². The number of nitrogens with one attached hydrogen (secondary N) is 2. The summed E-state index contributed by atoms with van der Waals surface area (Å²) in [5.41, 5.74) is 11.3. The van der Waals surface area contributed by atoms with Crippen LogP contribution in [-0.4, -0.2) is 10.4 Å². The second-order valence-electron chi connectivity index (χ2n) is 14.5. The van der Waals surface area contributed by atoms with Crippen molar-refractivity contribution < 1.29 is 4.42 Å². The van der Waals surface area contributed by atoms with E-state index in [1.165, 1.54) is 0 Å². The highest BCUT2D eigenvalue weighted by molar-refractivity contribution is 6.23. The van der Waals surface area contributed by atoms with Crippen LogP contribution in [0.5, 0.6) is 0 Å². The molecule has 3 heterocycles. The molecule has 2 N–H and O–H groups in total. The average molecular weight is 736 g/mol. The van der Waals surface area contributed by atoms with E-state index in [-0.39, 0.29) is 12.3 Å². The number of fused-ring (bicyclic) bond motifs is 7. The number of rotatable bonds is 7. The Hall–Kier alpha value is -7.41. The molecule has 0 amide bonds. The SMILES string of the molecule is c1ccc(C2=NC(c3cc(N(c4ccccc4)c4ccccc4)cc(-n4c5ccccc5c5c6oc7ccccc7c6ccc54)c3)NC(c3ccccc3)N2)cc1. The summed E-state index contributed by atoms with van der Waals surface area (Å²) in [6, 6.07) is 70.4. The van der Waals surface area contributed by atoms with Gasteiger partial charge in [-0.15, -0.1) is 0 Å². The summed E-state index contributed by atoms with van der Waals surface area (Å²) in [5.74, 6) is 0.840. The van der Waals surface area contributed by atoms with Crippen LogP contribution in [0.4, 0.5) is 17.1 Å². The third kappa shape index (κ3) is 5.74. The van der Waals surface area contributed by atoms with Crippen LogP contribution in [0, 0.1) is 0 Å². The number of anilines is 3. The van der Waals surface area contributed by atoms with Crippen molar-refractivity contribution in [3.8, 4) is 5.69 Å². The topological polar surface area (TPSA) is 57.7 Å². The van der Waals surface area contributed by atoms with Gasteiger partial charge in [-0.2, -0.15) is 0 Å². The summed E-state index contributed by atoms with van der Waals surface area (Å²) in [5, 5.41) is 12.1. The van der Waals surface area contributed by atoms with Crippen LogP contribution in [0.15, 0.2) is 210 Å². The van der Waals surface area contributed by atoms with Gasteiger partial charge < -0.3 is 19.2 Å². The molecule has 11 rings (SSSR count). The van der Waals surface area contributed by atoms with Gasteiger partial charge in [0.25, 0.3) is 0 Å². The standard InChI is InChI=1S/C51H37N5O/c1-5-17-34(18-6-1)49-52-50(35-19-7-2-8-20-35)54-51(53-49)36-31-39(55(37-21-9-3-10-22-37)38-23-11-4-12-24-38)33-40(32-36)56-44-27-15-13-26-43(44)47-45(56)30-29-42-41-25-14-16-28-46(41)57-48(42)47/h1-33,49,51,53H,(H,52,54). The predicted octanol–water partition coefficient (Wildman–Crippen LogP) is 12.5. The van der Waals surface area contributed by atoms with Crippen molar-refractivity contribution in [1.82, 2.24) is 15.2 Å². The second-order valence-corrected chi connectivity index (χ2v) is 14.5. The first kappa shape index (κ1) is 33.0. The fourth-order valence-electron chi connectivity index (χ4n) is 8.44. The Balaban J connectivity index is 1.19. The van der Waals surface area contributed by atoms with Crippen LogP contribution < -0.4 is 15.5 Å². The predicted molar refractivity (Wildman–Crippen MR) is 234 cm³/mol. The smallest absolute Gasteiger partial charge is 0.145 e. The molecule has 6 nitrogen and oxygen atoms in total. The molecule has 10 aromatic rings. The van der Waals surface area contributed by atoms with Crippen molar-refractivity contribution in [2.75, 3.05) is 4.90 Å². The Morgan fingerprint density at radius 2 is 1.14 bits per heavy atom. The monoisotopic (exact) mass is 735 g/mol. The highest BCUT2D eigenvalue weighted by Gasteiger charge is 2.28. The molecular formula is C51H37N5O. The third-order valence-electron chi connectivity index (χ3n) is 11.0. The molecule has 0 saturated carbocycles. The van der Waals surface area contributed by atoms with Crippen LogP contribution in [0.1, 0.15) is 29.0 Å². The zero-order chi connectivity index (χ0) is 37.7. The van der Waals surface area contributed by atoms with Crippen molar-refractivity contribution in [3.05, 3.63) is 217 Å². The summed E-state index contributed by atoms with van der Waals surface area (Å²) in [6.45, 7) is 0. The number of hydrogen-bond acceptors (Lipinski definition) is 5. The first-order valence-corrected chi connectivity index (χ1v) is 19.4. The first-order valence-electron chi connectivity index (χ1n) is 19.4. The lowest BCUT2D eigenvalue weighted by Gasteiger charge is -2.33. The zero-order valence-electron chi connectivity index (χ0n) is 31.0. The second kappa shape index (κ2) is 13.7. The Morgan fingerprint density at radius 1 is 0.509 bits per heavy atom. The summed E-state index contributed by atoms with van der Waals surface area (Å²) < 4.78 is 9.06. The molecule has 0 aliphatic carbocycles. The first-order chi connectivity index (χ1) is 28.3. The Labute approximate surface area is 330 Å². The summed E-state index contributed by atoms with van der Waals surface area (Å²) in [7, 11) is 0. The minimum Gasteiger partial charge on any atom is -0.455 e. The maximum Gasteiger partial charge on any atom is 0.145 e. The maximum atomic E-state index is 6.67. The van der Waals surface area contributed by atoms with E-state index in [1.54, 1.807) is 0 Å². The van der Waals surface area contributed by atoms with E-state index in [1.807, 2.05) is 12.1 Å². The number of nitrogens with zero attached hydrogens (tertiary/aromatic N) is 3. The number of aliphatic imine (C=N–C) groups is 1. The van der Waals surface area contributed by atoms with Gasteiger partial charge in [-0.05, 0) is 77.9 Å². The van der Waals surface area contributed by atoms with Gasteiger partial charge in [0, 0.05) is 44.5 Å². The molecule has 0 radical (unpaired) electrons. The molecule has 6 heteroatoms. The molecule has 8 aromatic carbocycles. The number of para-hydroxylation sites is 4. The Morgan fingerprint density at radius 3 is 1.88 bits per heavy atom. The molecular weight excluding hydrogens is 699 g/mol. The molecule has 0 spiro atoms. The number of hydrogen-bond donors (Lipinski definition) is 2. The minimum atomic E-state index is -0.381. The molecule has 2 aromatic heterocycles. The van der Waals surface area contributed by atoms with Crippen LogP contribution >= 0.6 is 0 Å². The molecule has 1 aliphatic rings. The zero-order valence-corrected chi connectivity index (χ0v) is 31.0. The molecule has 0 fully saturated rings. The van der Waals surface area contributed by atoms with Crippen molar-refractivity contribution in [3.63, 3.8) is 0 Å². The molecule has 0 saturated heterocycles. The molecule has 1 aliphatic heterocycles. The summed E-state index contributed by atoms with van der Waals surface area (Å²) in [4.78, 5) is 7.74. The fraction of sp³-hybridized carbons (Fsp3) is 0.0392. The van der Waals surface area contributed by atoms with Crippen LogP contribution in [0.25, 0.3) is 49.4 Å². The van der Waals surface area contributed by atoms with Gasteiger partial charge in [-0.25, -0.2) is 4.99 Å². The molecule has 2 unspecified atom stereocenters. The molecule has 272 valence electrons. The lowest BCUT2D eigenvalue weighted by Crippen LogP contribution is -2.45. The normalized spacial score (nSPS) is 15.5. The largest absolute Gasteiger partial charge is 0.455 e. The van der Waals surface area contributed by atoms with Crippen LogP contribution in [-0.2, 0) is 0 Å². The van der Waals surface area contributed by atoms with E-state index in [4.69, 9.17) is 9.41 Å².